The summed E-state index contributed by atoms with van der Waals surface area (Å²) < 4.78 is 0. The van der Waals surface area contributed by atoms with E-state index in [1.165, 1.54) is 6.42 Å². The molecule has 0 amide bonds. The first kappa shape index (κ1) is 9.79. The Bertz CT molecular complexity index is 172. The summed E-state index contributed by atoms with van der Waals surface area (Å²) in [5.74, 6) is 0. The van der Waals surface area contributed by atoms with Crippen LogP contribution < -0.4 is 0 Å². The standard InChI is InChI=1S/C11H20O/c1-4-6-11(12)8-5-7-10(2,3)9-11/h4,12H,1,5-9H2,2-3H3. The molecule has 1 nitrogen and oxygen atoms in total. The summed E-state index contributed by atoms with van der Waals surface area (Å²) in [5, 5.41) is 10.1. The summed E-state index contributed by atoms with van der Waals surface area (Å²) >= 11 is 0. The van der Waals surface area contributed by atoms with Gasteiger partial charge in [0.25, 0.3) is 0 Å². The molecule has 1 saturated carbocycles. The van der Waals surface area contributed by atoms with Crippen LogP contribution in [0.1, 0.15) is 46.0 Å². The Hall–Kier alpha value is -0.300. The lowest BCUT2D eigenvalue weighted by atomic mass is 9.69. The zero-order chi connectivity index (χ0) is 9.24. The molecule has 0 radical (unpaired) electrons. The van der Waals surface area contributed by atoms with Crippen LogP contribution in [0.4, 0.5) is 0 Å². The molecular formula is C11H20O. The average molecular weight is 168 g/mol. The van der Waals surface area contributed by atoms with Gasteiger partial charge in [-0.15, -0.1) is 6.58 Å². The van der Waals surface area contributed by atoms with Gasteiger partial charge in [-0.1, -0.05) is 26.3 Å². The Morgan fingerprint density at radius 1 is 1.42 bits per heavy atom. The Morgan fingerprint density at radius 3 is 2.58 bits per heavy atom. The third-order valence-corrected chi connectivity index (χ3v) is 2.83. The van der Waals surface area contributed by atoms with E-state index in [9.17, 15) is 5.11 Å². The van der Waals surface area contributed by atoms with Crippen molar-refractivity contribution in [1.82, 2.24) is 0 Å². The summed E-state index contributed by atoms with van der Waals surface area (Å²) in [6.07, 6.45) is 6.84. The molecule has 1 aliphatic rings. The highest BCUT2D eigenvalue weighted by atomic mass is 16.3. The molecule has 0 saturated heterocycles. The third kappa shape index (κ3) is 2.34. The monoisotopic (exact) mass is 168 g/mol. The zero-order valence-corrected chi connectivity index (χ0v) is 8.27. The molecular weight excluding hydrogens is 148 g/mol. The molecule has 1 atom stereocenters. The van der Waals surface area contributed by atoms with Gasteiger partial charge in [-0.05, 0) is 31.1 Å². The number of hydrogen-bond donors (Lipinski definition) is 1. The quantitative estimate of drug-likeness (QED) is 0.629. The minimum absolute atomic E-state index is 0.315. The van der Waals surface area contributed by atoms with Crippen LogP contribution in [0.2, 0.25) is 0 Å². The molecule has 0 aliphatic heterocycles. The molecule has 70 valence electrons. The number of hydrogen-bond acceptors (Lipinski definition) is 1. The molecule has 12 heavy (non-hydrogen) atoms. The maximum Gasteiger partial charge on any atom is 0.0687 e. The van der Waals surface area contributed by atoms with Crippen LogP contribution in [0, 0.1) is 5.41 Å². The van der Waals surface area contributed by atoms with Gasteiger partial charge in [0.05, 0.1) is 5.60 Å². The van der Waals surface area contributed by atoms with Crippen LogP contribution >= 0.6 is 0 Å². The molecule has 1 unspecified atom stereocenters. The van der Waals surface area contributed by atoms with E-state index in [0.29, 0.717) is 5.41 Å². The second-order valence-electron chi connectivity index (χ2n) is 4.91. The van der Waals surface area contributed by atoms with Crippen LogP contribution in [0.5, 0.6) is 0 Å². The van der Waals surface area contributed by atoms with Gasteiger partial charge in [-0.2, -0.15) is 0 Å². The van der Waals surface area contributed by atoms with E-state index >= 15 is 0 Å². The minimum atomic E-state index is -0.455. The van der Waals surface area contributed by atoms with Crippen molar-refractivity contribution in [2.75, 3.05) is 0 Å². The van der Waals surface area contributed by atoms with Gasteiger partial charge >= 0.3 is 0 Å². The molecule has 1 fully saturated rings. The summed E-state index contributed by atoms with van der Waals surface area (Å²) in [6, 6.07) is 0. The Labute approximate surface area is 75.5 Å². The molecule has 1 N–H and O–H groups in total. The van der Waals surface area contributed by atoms with E-state index in [0.717, 1.165) is 25.7 Å². The molecule has 0 bridgehead atoms. The van der Waals surface area contributed by atoms with Crippen LogP contribution in [0.3, 0.4) is 0 Å². The highest BCUT2D eigenvalue weighted by molar-refractivity contribution is 4.94. The lowest BCUT2D eigenvalue weighted by Crippen LogP contribution is -2.38. The maximum atomic E-state index is 10.1. The fraction of sp³-hybridized carbons (Fsp3) is 0.818. The smallest absolute Gasteiger partial charge is 0.0687 e. The third-order valence-electron chi connectivity index (χ3n) is 2.83. The summed E-state index contributed by atoms with van der Waals surface area (Å²) in [7, 11) is 0. The van der Waals surface area contributed by atoms with Crippen molar-refractivity contribution in [2.45, 2.75) is 51.6 Å². The van der Waals surface area contributed by atoms with Crippen LogP contribution in [-0.2, 0) is 0 Å². The molecule has 1 aliphatic carbocycles. The van der Waals surface area contributed by atoms with Crippen LogP contribution in [0.15, 0.2) is 12.7 Å². The minimum Gasteiger partial charge on any atom is -0.390 e. The Balaban J connectivity index is 2.60. The normalized spacial score (nSPS) is 34.6. The van der Waals surface area contributed by atoms with E-state index < -0.39 is 5.60 Å². The topological polar surface area (TPSA) is 20.2 Å². The predicted octanol–water partition coefficient (Wildman–Crippen LogP) is 2.89. The highest BCUT2D eigenvalue weighted by Gasteiger charge is 2.37. The number of aliphatic hydroxyl groups is 1. The Kier molecular flexibility index (Phi) is 2.62. The van der Waals surface area contributed by atoms with Crippen molar-refractivity contribution in [2.24, 2.45) is 5.41 Å². The molecule has 0 aromatic carbocycles. The first-order valence-corrected chi connectivity index (χ1v) is 4.81. The van der Waals surface area contributed by atoms with E-state index in [2.05, 4.69) is 20.4 Å². The summed E-state index contributed by atoms with van der Waals surface area (Å²) in [6.45, 7) is 8.16. The number of rotatable bonds is 2. The van der Waals surface area contributed by atoms with Gasteiger partial charge in [0.1, 0.15) is 0 Å². The fourth-order valence-electron chi connectivity index (χ4n) is 2.41. The van der Waals surface area contributed by atoms with Crippen molar-refractivity contribution in [1.29, 1.82) is 0 Å². The van der Waals surface area contributed by atoms with E-state index in [4.69, 9.17) is 0 Å². The highest BCUT2D eigenvalue weighted by Crippen LogP contribution is 2.42. The predicted molar refractivity (Wildman–Crippen MR) is 52.0 cm³/mol. The van der Waals surface area contributed by atoms with Crippen LogP contribution in [-0.4, -0.2) is 10.7 Å². The SMILES string of the molecule is C=CCC1(O)CCCC(C)(C)C1. The lowest BCUT2D eigenvalue weighted by Gasteiger charge is -2.41. The molecule has 0 aromatic heterocycles. The first-order chi connectivity index (χ1) is 5.47. The average Bonchev–Trinajstić information content (AvgIpc) is 1.83. The largest absolute Gasteiger partial charge is 0.390 e. The Morgan fingerprint density at radius 2 is 2.08 bits per heavy atom. The molecule has 1 heteroatoms. The maximum absolute atomic E-state index is 10.1. The molecule has 0 spiro atoms. The van der Waals surface area contributed by atoms with Gasteiger partial charge in [-0.3, -0.25) is 0 Å². The lowest BCUT2D eigenvalue weighted by molar-refractivity contribution is -0.0361. The van der Waals surface area contributed by atoms with Gasteiger partial charge in [0, 0.05) is 0 Å². The second kappa shape index (κ2) is 3.21. The van der Waals surface area contributed by atoms with Crippen molar-refractivity contribution in [3.63, 3.8) is 0 Å². The summed E-state index contributed by atoms with van der Waals surface area (Å²) in [5.41, 5.74) is -0.139. The molecule has 1 rings (SSSR count). The van der Waals surface area contributed by atoms with Crippen LogP contribution in [0.25, 0.3) is 0 Å². The zero-order valence-electron chi connectivity index (χ0n) is 8.27. The van der Waals surface area contributed by atoms with E-state index in [-0.39, 0.29) is 0 Å². The second-order valence-corrected chi connectivity index (χ2v) is 4.91. The van der Waals surface area contributed by atoms with Gasteiger partial charge in [-0.25, -0.2) is 0 Å². The fourth-order valence-corrected chi connectivity index (χ4v) is 2.41. The van der Waals surface area contributed by atoms with Gasteiger partial charge in [0.2, 0.25) is 0 Å². The van der Waals surface area contributed by atoms with E-state index in [1.54, 1.807) is 0 Å². The molecule has 0 aromatic rings. The summed E-state index contributed by atoms with van der Waals surface area (Å²) in [4.78, 5) is 0. The van der Waals surface area contributed by atoms with Crippen molar-refractivity contribution in [3.8, 4) is 0 Å². The van der Waals surface area contributed by atoms with Crippen molar-refractivity contribution >= 4 is 0 Å². The van der Waals surface area contributed by atoms with Crippen molar-refractivity contribution < 1.29 is 5.11 Å². The first-order valence-electron chi connectivity index (χ1n) is 4.81. The molecule has 0 heterocycles. The van der Waals surface area contributed by atoms with Crippen molar-refractivity contribution in [3.05, 3.63) is 12.7 Å². The van der Waals surface area contributed by atoms with E-state index in [1.807, 2.05) is 6.08 Å². The van der Waals surface area contributed by atoms with Gasteiger partial charge in [0.15, 0.2) is 0 Å². The van der Waals surface area contributed by atoms with Gasteiger partial charge < -0.3 is 5.11 Å².